The maximum atomic E-state index is 12.3. The van der Waals surface area contributed by atoms with Crippen molar-refractivity contribution in [2.75, 3.05) is 32.7 Å². The standard InChI is InChI=1S/C13H23N5O/c1-13(2,10-14)18-6-4-17(5-7-18)12(19)11-8-15-16(3)9-11/h8-9H,4-7,10,14H2,1-3H3. The van der Waals surface area contributed by atoms with Gasteiger partial charge in [-0.2, -0.15) is 5.10 Å². The van der Waals surface area contributed by atoms with Gasteiger partial charge in [-0.15, -0.1) is 0 Å². The molecule has 1 amide bonds. The average Bonchev–Trinajstić information content (AvgIpc) is 2.85. The minimum atomic E-state index is 0.00341. The Kier molecular flexibility index (Phi) is 3.91. The molecule has 6 heteroatoms. The number of aryl methyl sites for hydroxylation is 1. The number of hydrogen-bond donors (Lipinski definition) is 1. The largest absolute Gasteiger partial charge is 0.336 e. The topological polar surface area (TPSA) is 67.4 Å². The van der Waals surface area contributed by atoms with Crippen molar-refractivity contribution in [1.82, 2.24) is 19.6 Å². The maximum Gasteiger partial charge on any atom is 0.257 e. The summed E-state index contributed by atoms with van der Waals surface area (Å²) in [5.74, 6) is 0.0679. The molecule has 0 aromatic carbocycles. The molecule has 0 spiro atoms. The van der Waals surface area contributed by atoms with Crippen LogP contribution in [0.3, 0.4) is 0 Å². The van der Waals surface area contributed by atoms with Gasteiger partial charge in [-0.25, -0.2) is 0 Å². The summed E-state index contributed by atoms with van der Waals surface area (Å²) in [5, 5.41) is 4.04. The van der Waals surface area contributed by atoms with Crippen molar-refractivity contribution in [2.45, 2.75) is 19.4 Å². The van der Waals surface area contributed by atoms with Gasteiger partial charge in [0.2, 0.25) is 0 Å². The number of nitrogens with two attached hydrogens (primary N) is 1. The van der Waals surface area contributed by atoms with E-state index in [0.717, 1.165) is 26.2 Å². The summed E-state index contributed by atoms with van der Waals surface area (Å²) in [6.07, 6.45) is 3.39. The van der Waals surface area contributed by atoms with E-state index < -0.39 is 0 Å². The lowest BCUT2D eigenvalue weighted by molar-refractivity contribution is 0.0426. The Hall–Kier alpha value is -1.40. The molecule has 2 N–H and O–H groups in total. The van der Waals surface area contributed by atoms with Crippen LogP contribution in [0.25, 0.3) is 0 Å². The zero-order chi connectivity index (χ0) is 14.0. The SMILES string of the molecule is Cn1cc(C(=O)N2CCN(C(C)(C)CN)CC2)cn1. The van der Waals surface area contributed by atoms with Crippen LogP contribution in [0.5, 0.6) is 0 Å². The fourth-order valence-corrected chi connectivity index (χ4v) is 2.36. The summed E-state index contributed by atoms with van der Waals surface area (Å²) in [5.41, 5.74) is 6.46. The smallest absolute Gasteiger partial charge is 0.257 e. The van der Waals surface area contributed by atoms with Gasteiger partial charge in [0, 0.05) is 51.5 Å². The molecule has 6 nitrogen and oxygen atoms in total. The molecule has 0 aliphatic carbocycles. The van der Waals surface area contributed by atoms with Crippen LogP contribution in [0.15, 0.2) is 12.4 Å². The molecule has 0 radical (unpaired) electrons. The number of rotatable bonds is 3. The molecule has 0 saturated carbocycles. The minimum absolute atomic E-state index is 0.00341. The lowest BCUT2D eigenvalue weighted by Gasteiger charge is -2.43. The van der Waals surface area contributed by atoms with E-state index >= 15 is 0 Å². The number of nitrogens with zero attached hydrogens (tertiary/aromatic N) is 4. The van der Waals surface area contributed by atoms with Crippen LogP contribution >= 0.6 is 0 Å². The molecule has 1 aliphatic heterocycles. The van der Waals surface area contributed by atoms with Crippen molar-refractivity contribution in [3.8, 4) is 0 Å². The molecular formula is C13H23N5O. The quantitative estimate of drug-likeness (QED) is 0.830. The van der Waals surface area contributed by atoms with Gasteiger partial charge in [-0.05, 0) is 13.8 Å². The molecule has 19 heavy (non-hydrogen) atoms. The maximum absolute atomic E-state index is 12.3. The Morgan fingerprint density at radius 1 is 1.37 bits per heavy atom. The predicted molar refractivity (Wildman–Crippen MR) is 73.8 cm³/mol. The molecule has 1 fully saturated rings. The van der Waals surface area contributed by atoms with E-state index in [2.05, 4.69) is 23.8 Å². The Balaban J connectivity index is 1.95. The average molecular weight is 265 g/mol. The predicted octanol–water partition coefficient (Wildman–Crippen LogP) is -0.0848. The summed E-state index contributed by atoms with van der Waals surface area (Å²) >= 11 is 0. The number of piperazine rings is 1. The third-order valence-corrected chi connectivity index (χ3v) is 3.87. The zero-order valence-corrected chi connectivity index (χ0v) is 12.0. The van der Waals surface area contributed by atoms with Crippen LogP contribution in [0.2, 0.25) is 0 Å². The molecule has 2 rings (SSSR count). The van der Waals surface area contributed by atoms with Gasteiger partial charge in [-0.1, -0.05) is 0 Å². The van der Waals surface area contributed by atoms with Crippen molar-refractivity contribution >= 4 is 5.91 Å². The second kappa shape index (κ2) is 5.30. The van der Waals surface area contributed by atoms with Crippen LogP contribution < -0.4 is 5.73 Å². The number of carbonyl (C=O) groups is 1. The van der Waals surface area contributed by atoms with Crippen LogP contribution in [-0.2, 0) is 7.05 Å². The molecule has 1 aromatic heterocycles. The van der Waals surface area contributed by atoms with Crippen LogP contribution in [0.4, 0.5) is 0 Å². The second-order valence-corrected chi connectivity index (χ2v) is 5.70. The van der Waals surface area contributed by atoms with E-state index in [1.54, 1.807) is 17.1 Å². The highest BCUT2D eigenvalue weighted by molar-refractivity contribution is 5.93. The number of amides is 1. The molecule has 106 valence electrons. The summed E-state index contributed by atoms with van der Waals surface area (Å²) in [6, 6.07) is 0. The first-order valence-electron chi connectivity index (χ1n) is 6.67. The van der Waals surface area contributed by atoms with E-state index in [1.807, 2.05) is 11.9 Å². The normalized spacial score (nSPS) is 17.8. The van der Waals surface area contributed by atoms with Gasteiger partial charge >= 0.3 is 0 Å². The Morgan fingerprint density at radius 3 is 2.47 bits per heavy atom. The van der Waals surface area contributed by atoms with Gasteiger partial charge in [0.1, 0.15) is 0 Å². The Bertz CT molecular complexity index is 446. The fourth-order valence-electron chi connectivity index (χ4n) is 2.36. The van der Waals surface area contributed by atoms with Crippen molar-refractivity contribution in [2.24, 2.45) is 12.8 Å². The molecule has 0 atom stereocenters. The molecule has 0 bridgehead atoms. The minimum Gasteiger partial charge on any atom is -0.336 e. The second-order valence-electron chi connectivity index (χ2n) is 5.70. The summed E-state index contributed by atoms with van der Waals surface area (Å²) in [4.78, 5) is 16.5. The monoisotopic (exact) mass is 265 g/mol. The highest BCUT2D eigenvalue weighted by Gasteiger charge is 2.30. The first kappa shape index (κ1) is 14.0. The summed E-state index contributed by atoms with van der Waals surface area (Å²) < 4.78 is 1.65. The fraction of sp³-hybridized carbons (Fsp3) is 0.692. The third-order valence-electron chi connectivity index (χ3n) is 3.87. The van der Waals surface area contributed by atoms with Crippen LogP contribution in [-0.4, -0.2) is 63.8 Å². The third kappa shape index (κ3) is 2.96. The van der Waals surface area contributed by atoms with Gasteiger partial charge in [0.25, 0.3) is 5.91 Å². The molecule has 1 saturated heterocycles. The first-order chi connectivity index (χ1) is 8.94. The summed E-state index contributed by atoms with van der Waals surface area (Å²) in [7, 11) is 1.82. The summed E-state index contributed by atoms with van der Waals surface area (Å²) in [6.45, 7) is 8.15. The Labute approximate surface area is 114 Å². The number of carbonyl (C=O) groups excluding carboxylic acids is 1. The van der Waals surface area contributed by atoms with Gasteiger partial charge in [-0.3, -0.25) is 14.4 Å². The lowest BCUT2D eigenvalue weighted by atomic mass is 10.0. The van der Waals surface area contributed by atoms with Crippen molar-refractivity contribution in [3.63, 3.8) is 0 Å². The van der Waals surface area contributed by atoms with Gasteiger partial charge < -0.3 is 10.6 Å². The van der Waals surface area contributed by atoms with Crippen molar-refractivity contribution < 1.29 is 4.79 Å². The van der Waals surface area contributed by atoms with Gasteiger partial charge in [0.15, 0.2) is 0 Å². The molecule has 1 aromatic rings. The molecular weight excluding hydrogens is 242 g/mol. The highest BCUT2D eigenvalue weighted by Crippen LogP contribution is 2.16. The molecule has 0 unspecified atom stereocenters. The molecule has 2 heterocycles. The van der Waals surface area contributed by atoms with E-state index in [0.29, 0.717) is 12.1 Å². The van der Waals surface area contributed by atoms with Crippen molar-refractivity contribution in [3.05, 3.63) is 18.0 Å². The number of aromatic nitrogens is 2. The van der Waals surface area contributed by atoms with E-state index in [4.69, 9.17) is 5.73 Å². The van der Waals surface area contributed by atoms with Crippen LogP contribution in [0, 0.1) is 0 Å². The number of hydrogen-bond acceptors (Lipinski definition) is 4. The van der Waals surface area contributed by atoms with Crippen molar-refractivity contribution in [1.29, 1.82) is 0 Å². The zero-order valence-electron chi connectivity index (χ0n) is 12.0. The Morgan fingerprint density at radius 2 is 2.00 bits per heavy atom. The van der Waals surface area contributed by atoms with E-state index in [-0.39, 0.29) is 11.4 Å². The highest BCUT2D eigenvalue weighted by atomic mass is 16.2. The molecule has 1 aliphatic rings. The lowest BCUT2D eigenvalue weighted by Crippen LogP contribution is -2.58. The van der Waals surface area contributed by atoms with Crippen LogP contribution in [0.1, 0.15) is 24.2 Å². The van der Waals surface area contributed by atoms with Gasteiger partial charge in [0.05, 0.1) is 11.8 Å². The first-order valence-corrected chi connectivity index (χ1v) is 6.67. The van der Waals surface area contributed by atoms with E-state index in [1.165, 1.54) is 0 Å². The van der Waals surface area contributed by atoms with E-state index in [9.17, 15) is 4.79 Å².